The van der Waals surface area contributed by atoms with Gasteiger partial charge in [-0.2, -0.15) is 0 Å². The van der Waals surface area contributed by atoms with Gasteiger partial charge in [0.05, 0.1) is 43.0 Å². The van der Waals surface area contributed by atoms with Crippen LogP contribution in [0.4, 0.5) is 0 Å². The minimum atomic E-state index is -1.93. The Balaban J connectivity index is 1.10. The minimum Gasteiger partial charge on any atom is -0.432 e. The third-order valence-electron chi connectivity index (χ3n) is 20.3. The second-order valence-corrected chi connectivity index (χ2v) is 25.0. The van der Waals surface area contributed by atoms with Crippen molar-refractivity contribution in [1.82, 2.24) is 5.32 Å². The summed E-state index contributed by atoms with van der Waals surface area (Å²) in [5, 5.41) is 104. The van der Waals surface area contributed by atoms with E-state index in [-0.39, 0.29) is 47.3 Å². The highest BCUT2D eigenvalue weighted by Crippen LogP contribution is 2.76. The highest BCUT2D eigenvalue weighted by Gasteiger charge is 2.72. The van der Waals surface area contributed by atoms with Gasteiger partial charge in [0.1, 0.15) is 60.5 Å². The lowest BCUT2D eigenvalue weighted by molar-refractivity contribution is -0.370. The van der Waals surface area contributed by atoms with Gasteiger partial charge in [-0.1, -0.05) is 59.6 Å². The summed E-state index contributed by atoms with van der Waals surface area (Å²) in [6.07, 6.45) is -12.8. The van der Waals surface area contributed by atoms with Gasteiger partial charge >= 0.3 is 5.97 Å². The summed E-state index contributed by atoms with van der Waals surface area (Å²) in [6, 6.07) is -1.34. The van der Waals surface area contributed by atoms with E-state index in [1.807, 2.05) is 6.92 Å². The van der Waals surface area contributed by atoms with Crippen LogP contribution in [-0.2, 0) is 42.8 Å². The average Bonchev–Trinajstić information content (AvgIpc) is 3.33. The monoisotopic (exact) mass is 1040 g/mol. The number of nitrogens with two attached hydrogens (primary N) is 1. The van der Waals surface area contributed by atoms with E-state index in [1.165, 1.54) is 6.92 Å². The molecule has 20 heteroatoms. The number of unbranched alkanes of at least 4 members (excludes halogenated alkanes) is 2. The van der Waals surface area contributed by atoms with Crippen molar-refractivity contribution in [3.63, 3.8) is 0 Å². The van der Waals surface area contributed by atoms with Crippen molar-refractivity contribution in [2.75, 3.05) is 19.8 Å². The molecule has 4 saturated carbocycles. The Morgan fingerprint density at radius 2 is 1.48 bits per heavy atom. The van der Waals surface area contributed by atoms with Crippen molar-refractivity contribution < 1.29 is 88.8 Å². The number of aliphatic hydroxyl groups is 9. The molecule has 1 amide bonds. The number of nitrogens with one attached hydrogen (secondary N) is 1. The van der Waals surface area contributed by atoms with E-state index in [2.05, 4.69) is 46.0 Å². The predicted octanol–water partition coefficient (Wildman–Crippen LogP) is 0.600. The van der Waals surface area contributed by atoms with Crippen LogP contribution in [0.2, 0.25) is 0 Å². The molecule has 0 aromatic rings. The number of hydrogen-bond donors (Lipinski definition) is 11. The fraction of sp³-hybridized carbons (Fsp3) is 0.906. The van der Waals surface area contributed by atoms with Crippen LogP contribution < -0.4 is 11.1 Å². The second kappa shape index (κ2) is 21.2. The van der Waals surface area contributed by atoms with Gasteiger partial charge in [0.25, 0.3) is 0 Å². The van der Waals surface area contributed by atoms with E-state index >= 15 is 4.79 Å². The fourth-order valence-corrected chi connectivity index (χ4v) is 15.7. The summed E-state index contributed by atoms with van der Waals surface area (Å²) in [6.45, 7) is 13.8. The molecular formula is C53H86N2O18. The third-order valence-corrected chi connectivity index (χ3v) is 20.3. The number of carbonyl (C=O) groups is 3. The molecule has 73 heavy (non-hydrogen) atoms. The molecule has 20 nitrogen and oxygen atoms in total. The molecule has 0 aromatic heterocycles. The topological polar surface area (TPSA) is 327 Å². The van der Waals surface area contributed by atoms with Crippen LogP contribution in [0.5, 0.6) is 0 Å². The predicted molar refractivity (Wildman–Crippen MR) is 258 cm³/mol. The average molecular weight is 1040 g/mol. The SMILES string of the molecule is CC1OC(OC2C(OC(=O)C34CCC(C)(C)CC3C3=CCC5C6(C)CCC(O)C(C)(C=O)C6CCC5(C)C3(C)CC4O)OC(CO)C(NC(=O)CCCCCN)C2O)C(O)C(O)C1OC1OCC(O)C(O)C1O. The summed E-state index contributed by atoms with van der Waals surface area (Å²) in [4.78, 5) is 41.7. The van der Waals surface area contributed by atoms with Gasteiger partial charge in [-0.25, -0.2) is 0 Å². The number of allylic oxidation sites excluding steroid dienone is 2. The summed E-state index contributed by atoms with van der Waals surface area (Å²) in [5.41, 5.74) is 2.84. The molecule has 0 spiro atoms. The normalized spacial score (nSPS) is 50.5. The first-order valence-electron chi connectivity index (χ1n) is 26.9. The zero-order valence-electron chi connectivity index (χ0n) is 43.7. The highest BCUT2D eigenvalue weighted by molar-refractivity contribution is 5.80. The smallest absolute Gasteiger partial charge is 0.317 e. The van der Waals surface area contributed by atoms with Gasteiger partial charge in [-0.05, 0) is 124 Å². The number of fused-ring (bicyclic) bond motifs is 7. The first kappa shape index (κ1) is 56.9. The van der Waals surface area contributed by atoms with Gasteiger partial charge < -0.3 is 90.2 Å². The van der Waals surface area contributed by atoms with E-state index < -0.39 is 145 Å². The standard InChI is InChI=1S/C53H86N2O18/c1-26-42(71-44-40(65)37(62)29(58)24-68-44)39(64)41(66)45(69-26)72-43-38(63)36(55-35(61)11-9-8-10-20-54)30(23-56)70-46(43)73-47(67)53-19-18-48(2,3)21-28(53)27-12-13-32-49(4)16-15-33(59)50(5,25-57)31(49)14-17-51(32,6)52(27,7)22-34(53)60/h12,25-26,28-34,36-46,56,58-60,62-66H,8-11,13-24,54H2,1-7H3,(H,55,61). The lowest BCUT2D eigenvalue weighted by Gasteiger charge is -2.71. The number of rotatable bonds is 14. The number of esters is 1. The maximum atomic E-state index is 15.6. The molecule has 0 bridgehead atoms. The summed E-state index contributed by atoms with van der Waals surface area (Å²) in [7, 11) is 0. The van der Waals surface area contributed by atoms with E-state index in [0.29, 0.717) is 51.5 Å². The molecule has 7 fully saturated rings. The first-order valence-corrected chi connectivity index (χ1v) is 26.9. The number of aldehydes is 1. The van der Waals surface area contributed by atoms with Gasteiger partial charge in [-0.15, -0.1) is 0 Å². The highest BCUT2D eigenvalue weighted by atomic mass is 16.8. The Morgan fingerprint density at radius 1 is 0.781 bits per heavy atom. The van der Waals surface area contributed by atoms with E-state index in [1.54, 1.807) is 0 Å². The number of aliphatic hydroxyl groups excluding tert-OH is 9. The van der Waals surface area contributed by atoms with Gasteiger partial charge in [0.15, 0.2) is 18.7 Å². The Labute approximate surface area is 428 Å². The van der Waals surface area contributed by atoms with E-state index in [9.17, 15) is 55.5 Å². The number of carbonyl (C=O) groups excluding carboxylic acids is 3. The Bertz CT molecular complexity index is 2030. The molecular weight excluding hydrogens is 953 g/mol. The van der Waals surface area contributed by atoms with Crippen LogP contribution in [-0.4, -0.2) is 182 Å². The van der Waals surface area contributed by atoms with Crippen molar-refractivity contribution in [1.29, 1.82) is 0 Å². The molecule has 0 radical (unpaired) electrons. The molecule has 416 valence electrons. The summed E-state index contributed by atoms with van der Waals surface area (Å²) < 4.78 is 36.2. The van der Waals surface area contributed by atoms with Crippen LogP contribution in [0.3, 0.4) is 0 Å². The molecule has 5 aliphatic carbocycles. The molecule has 12 N–H and O–H groups in total. The summed E-state index contributed by atoms with van der Waals surface area (Å²) in [5.74, 6) is -1.72. The molecule has 24 unspecified atom stereocenters. The summed E-state index contributed by atoms with van der Waals surface area (Å²) >= 11 is 0. The molecule has 24 atom stereocenters. The third kappa shape index (κ3) is 9.59. The Kier molecular flexibility index (Phi) is 16.5. The minimum absolute atomic E-state index is 0.0375. The molecule has 3 heterocycles. The van der Waals surface area contributed by atoms with Crippen LogP contribution in [0.25, 0.3) is 0 Å². The molecule has 3 saturated heterocycles. The zero-order chi connectivity index (χ0) is 53.4. The lowest BCUT2D eigenvalue weighted by Crippen LogP contribution is -2.69. The van der Waals surface area contributed by atoms with Crippen molar-refractivity contribution in [2.24, 2.45) is 56.0 Å². The van der Waals surface area contributed by atoms with E-state index in [4.69, 9.17) is 34.2 Å². The largest absolute Gasteiger partial charge is 0.432 e. The van der Waals surface area contributed by atoms with Gasteiger partial charge in [-0.3, -0.25) is 9.59 Å². The first-order chi connectivity index (χ1) is 34.3. The maximum absolute atomic E-state index is 15.6. The number of amides is 1. The maximum Gasteiger partial charge on any atom is 0.317 e. The molecule has 8 aliphatic rings. The molecule has 3 aliphatic heterocycles. The number of ether oxygens (including phenoxy) is 6. The van der Waals surface area contributed by atoms with E-state index in [0.717, 1.165) is 31.1 Å². The number of hydrogen-bond acceptors (Lipinski definition) is 19. The van der Waals surface area contributed by atoms with Crippen molar-refractivity contribution >= 4 is 18.2 Å². The Morgan fingerprint density at radius 3 is 2.16 bits per heavy atom. The fourth-order valence-electron chi connectivity index (χ4n) is 15.7. The van der Waals surface area contributed by atoms with Crippen molar-refractivity contribution in [3.05, 3.63) is 11.6 Å². The van der Waals surface area contributed by atoms with Crippen LogP contribution in [0.15, 0.2) is 11.6 Å². The molecule has 8 rings (SSSR count). The van der Waals surface area contributed by atoms with Crippen LogP contribution >= 0.6 is 0 Å². The quantitative estimate of drug-likeness (QED) is 0.0491. The van der Waals surface area contributed by atoms with Crippen LogP contribution in [0.1, 0.15) is 132 Å². The van der Waals surface area contributed by atoms with Crippen molar-refractivity contribution in [3.8, 4) is 0 Å². The zero-order valence-corrected chi connectivity index (χ0v) is 43.7. The molecule has 0 aromatic carbocycles. The lowest BCUT2D eigenvalue weighted by atomic mass is 9.33. The Hall–Kier alpha value is -2.25. The van der Waals surface area contributed by atoms with Gasteiger partial charge in [0, 0.05) is 6.42 Å². The van der Waals surface area contributed by atoms with Crippen LogP contribution in [0, 0.1) is 50.2 Å². The second-order valence-electron chi connectivity index (χ2n) is 25.0. The van der Waals surface area contributed by atoms with Crippen molar-refractivity contribution in [2.45, 2.75) is 230 Å². The van der Waals surface area contributed by atoms with Gasteiger partial charge in [0.2, 0.25) is 12.2 Å².